The molecular formula is C23H23N3O4. The Morgan fingerprint density at radius 2 is 1.87 bits per heavy atom. The van der Waals surface area contributed by atoms with E-state index in [1.165, 1.54) is 0 Å². The van der Waals surface area contributed by atoms with Gasteiger partial charge in [-0.2, -0.15) is 5.26 Å². The van der Waals surface area contributed by atoms with Gasteiger partial charge in [0, 0.05) is 24.3 Å². The summed E-state index contributed by atoms with van der Waals surface area (Å²) in [6.07, 6.45) is 1.00. The van der Waals surface area contributed by atoms with Gasteiger partial charge in [0.2, 0.25) is 0 Å². The van der Waals surface area contributed by atoms with E-state index in [-0.39, 0.29) is 11.8 Å². The van der Waals surface area contributed by atoms with Gasteiger partial charge in [-0.05, 0) is 49.6 Å². The highest BCUT2D eigenvalue weighted by molar-refractivity contribution is 5.96. The number of piperidine rings is 1. The van der Waals surface area contributed by atoms with Crippen LogP contribution >= 0.6 is 0 Å². The predicted molar refractivity (Wildman–Crippen MR) is 111 cm³/mol. The maximum absolute atomic E-state index is 12.7. The number of carbonyl (C=O) groups is 3. The number of anilines is 1. The van der Waals surface area contributed by atoms with Gasteiger partial charge in [0.25, 0.3) is 11.8 Å². The maximum Gasteiger partial charge on any atom is 0.309 e. The van der Waals surface area contributed by atoms with E-state index < -0.39 is 18.5 Å². The number of rotatable bonds is 5. The van der Waals surface area contributed by atoms with Gasteiger partial charge in [0.1, 0.15) is 0 Å². The van der Waals surface area contributed by atoms with Gasteiger partial charge in [0.15, 0.2) is 6.61 Å². The minimum absolute atomic E-state index is 0.0288. The number of hydrogen-bond acceptors (Lipinski definition) is 5. The molecule has 0 aromatic heterocycles. The van der Waals surface area contributed by atoms with Crippen molar-refractivity contribution in [2.75, 3.05) is 25.0 Å². The molecule has 1 fully saturated rings. The molecule has 2 aromatic carbocycles. The normalized spacial score (nSPS) is 13.9. The number of aryl methyl sites for hydroxylation is 1. The molecule has 1 N–H and O–H groups in total. The first kappa shape index (κ1) is 21.1. The molecule has 1 aliphatic rings. The van der Waals surface area contributed by atoms with E-state index in [0.29, 0.717) is 42.7 Å². The zero-order chi connectivity index (χ0) is 21.5. The lowest BCUT2D eigenvalue weighted by atomic mass is 9.96. The molecule has 1 heterocycles. The largest absolute Gasteiger partial charge is 0.455 e. The van der Waals surface area contributed by atoms with Crippen LogP contribution in [0.2, 0.25) is 0 Å². The van der Waals surface area contributed by atoms with Gasteiger partial charge < -0.3 is 15.0 Å². The Kier molecular flexibility index (Phi) is 6.81. The second kappa shape index (κ2) is 9.70. The van der Waals surface area contributed by atoms with Crippen LogP contribution in [-0.4, -0.2) is 42.4 Å². The van der Waals surface area contributed by atoms with E-state index in [0.717, 1.165) is 5.56 Å². The van der Waals surface area contributed by atoms with Crippen LogP contribution in [0.15, 0.2) is 48.5 Å². The zero-order valence-corrected chi connectivity index (χ0v) is 16.8. The Hall–Kier alpha value is -3.66. The minimum atomic E-state index is -0.467. The first-order valence-electron chi connectivity index (χ1n) is 9.79. The first-order chi connectivity index (χ1) is 14.5. The molecule has 30 heavy (non-hydrogen) atoms. The standard InChI is InChI=1S/C23H23N3O4/c1-16-5-2-3-8-20(16)22(28)26-11-9-18(10-12-26)23(29)30-15-21(27)25-19-7-4-6-17(13-19)14-24/h2-8,13,18H,9-12,15H2,1H3,(H,25,27). The van der Waals surface area contributed by atoms with Crippen LogP contribution in [0.5, 0.6) is 0 Å². The van der Waals surface area contributed by atoms with Gasteiger partial charge >= 0.3 is 5.97 Å². The first-order valence-corrected chi connectivity index (χ1v) is 9.79. The topological polar surface area (TPSA) is 99.5 Å². The van der Waals surface area contributed by atoms with Crippen LogP contribution in [0, 0.1) is 24.2 Å². The molecule has 3 rings (SSSR count). The quantitative estimate of drug-likeness (QED) is 0.771. The molecule has 154 valence electrons. The summed E-state index contributed by atoms with van der Waals surface area (Å²) in [6, 6.07) is 15.9. The van der Waals surface area contributed by atoms with Gasteiger partial charge in [-0.25, -0.2) is 0 Å². The molecule has 0 radical (unpaired) electrons. The number of nitrogens with one attached hydrogen (secondary N) is 1. The third-order valence-electron chi connectivity index (χ3n) is 5.11. The second-order valence-electron chi connectivity index (χ2n) is 7.23. The Morgan fingerprint density at radius 1 is 1.13 bits per heavy atom. The smallest absolute Gasteiger partial charge is 0.309 e. The molecule has 0 saturated carbocycles. The van der Waals surface area contributed by atoms with E-state index in [2.05, 4.69) is 5.32 Å². The Balaban J connectivity index is 1.45. The number of carbonyl (C=O) groups excluding carboxylic acids is 3. The number of amides is 2. The summed E-state index contributed by atoms with van der Waals surface area (Å²) < 4.78 is 5.15. The van der Waals surface area contributed by atoms with Crippen molar-refractivity contribution in [1.29, 1.82) is 5.26 Å². The molecular weight excluding hydrogens is 382 g/mol. The van der Waals surface area contributed by atoms with Crippen molar-refractivity contribution in [3.8, 4) is 6.07 Å². The van der Waals surface area contributed by atoms with Crippen LogP contribution in [0.1, 0.15) is 34.3 Å². The third kappa shape index (κ3) is 5.23. The lowest BCUT2D eigenvalue weighted by molar-refractivity contribution is -0.152. The van der Waals surface area contributed by atoms with Gasteiger partial charge in [-0.1, -0.05) is 24.3 Å². The molecule has 1 saturated heterocycles. The van der Waals surface area contributed by atoms with E-state index in [9.17, 15) is 14.4 Å². The molecule has 0 spiro atoms. The second-order valence-corrected chi connectivity index (χ2v) is 7.23. The summed E-state index contributed by atoms with van der Waals surface area (Å²) in [5.41, 5.74) is 2.50. The minimum Gasteiger partial charge on any atom is -0.455 e. The van der Waals surface area contributed by atoms with Crippen LogP contribution in [0.25, 0.3) is 0 Å². The number of likely N-dealkylation sites (tertiary alicyclic amines) is 1. The van der Waals surface area contributed by atoms with Crippen LogP contribution in [0.3, 0.4) is 0 Å². The number of hydrogen-bond donors (Lipinski definition) is 1. The highest BCUT2D eigenvalue weighted by atomic mass is 16.5. The maximum atomic E-state index is 12.7. The fraction of sp³-hybridized carbons (Fsp3) is 0.304. The predicted octanol–water partition coefficient (Wildman–Crippen LogP) is 2.90. The monoisotopic (exact) mass is 405 g/mol. The van der Waals surface area contributed by atoms with Crippen molar-refractivity contribution in [3.05, 3.63) is 65.2 Å². The molecule has 0 aliphatic carbocycles. The molecule has 2 amide bonds. The summed E-state index contributed by atoms with van der Waals surface area (Å²) in [6.45, 7) is 2.46. The Labute approximate surface area is 175 Å². The summed E-state index contributed by atoms with van der Waals surface area (Å²) in [5.74, 6) is -1.26. The van der Waals surface area contributed by atoms with Crippen LogP contribution in [0.4, 0.5) is 5.69 Å². The third-order valence-corrected chi connectivity index (χ3v) is 5.11. The zero-order valence-electron chi connectivity index (χ0n) is 16.8. The van der Waals surface area contributed by atoms with Gasteiger partial charge in [0.05, 0.1) is 17.6 Å². The average Bonchev–Trinajstić information content (AvgIpc) is 2.77. The highest BCUT2D eigenvalue weighted by Gasteiger charge is 2.29. The molecule has 1 aliphatic heterocycles. The summed E-state index contributed by atoms with van der Waals surface area (Å²) in [4.78, 5) is 38.7. The fourth-order valence-corrected chi connectivity index (χ4v) is 3.42. The van der Waals surface area contributed by atoms with E-state index in [1.54, 1.807) is 29.2 Å². The molecule has 2 aromatic rings. The van der Waals surface area contributed by atoms with Crippen molar-refractivity contribution >= 4 is 23.5 Å². The lowest BCUT2D eigenvalue weighted by Gasteiger charge is -2.31. The lowest BCUT2D eigenvalue weighted by Crippen LogP contribution is -2.41. The fourth-order valence-electron chi connectivity index (χ4n) is 3.42. The number of ether oxygens (including phenoxy) is 1. The van der Waals surface area contributed by atoms with Crippen molar-refractivity contribution in [2.24, 2.45) is 5.92 Å². The van der Waals surface area contributed by atoms with Crippen molar-refractivity contribution in [1.82, 2.24) is 4.90 Å². The van der Waals surface area contributed by atoms with Crippen molar-refractivity contribution < 1.29 is 19.1 Å². The van der Waals surface area contributed by atoms with Gasteiger partial charge in [-0.3, -0.25) is 14.4 Å². The van der Waals surface area contributed by atoms with Crippen LogP contribution in [-0.2, 0) is 14.3 Å². The average molecular weight is 405 g/mol. The summed E-state index contributed by atoms with van der Waals surface area (Å²) >= 11 is 0. The van der Waals surface area contributed by atoms with Gasteiger partial charge in [-0.15, -0.1) is 0 Å². The number of benzene rings is 2. The number of esters is 1. The van der Waals surface area contributed by atoms with Crippen molar-refractivity contribution in [3.63, 3.8) is 0 Å². The Bertz CT molecular complexity index is 988. The SMILES string of the molecule is Cc1ccccc1C(=O)N1CCC(C(=O)OCC(=O)Nc2cccc(C#N)c2)CC1. The van der Waals surface area contributed by atoms with E-state index in [4.69, 9.17) is 10.00 Å². The number of nitriles is 1. The number of nitrogens with zero attached hydrogens (tertiary/aromatic N) is 2. The molecule has 0 bridgehead atoms. The summed E-state index contributed by atoms with van der Waals surface area (Å²) in [7, 11) is 0. The molecule has 7 heteroatoms. The van der Waals surface area contributed by atoms with Crippen LogP contribution < -0.4 is 5.32 Å². The Morgan fingerprint density at radius 3 is 2.57 bits per heavy atom. The van der Waals surface area contributed by atoms with E-state index >= 15 is 0 Å². The molecule has 0 unspecified atom stereocenters. The van der Waals surface area contributed by atoms with E-state index in [1.807, 2.05) is 37.3 Å². The molecule has 7 nitrogen and oxygen atoms in total. The molecule has 0 atom stereocenters. The van der Waals surface area contributed by atoms with Crippen molar-refractivity contribution in [2.45, 2.75) is 19.8 Å². The highest BCUT2D eigenvalue weighted by Crippen LogP contribution is 2.21. The summed E-state index contributed by atoms with van der Waals surface area (Å²) in [5, 5.41) is 11.5.